The lowest BCUT2D eigenvalue weighted by atomic mass is 9.98. The lowest BCUT2D eigenvalue weighted by Gasteiger charge is -2.39. The number of unbranched alkanes of at least 4 members (excludes halogenated alkanes) is 2. The number of morpholine rings is 1. The summed E-state index contributed by atoms with van der Waals surface area (Å²) in [5, 5.41) is 15.3. The van der Waals surface area contributed by atoms with Gasteiger partial charge in [-0.15, -0.1) is 0 Å². The number of carbonyl (C=O) groups is 2. The summed E-state index contributed by atoms with van der Waals surface area (Å²) in [6.07, 6.45) is 3.13. The number of amides is 2. The van der Waals surface area contributed by atoms with Crippen LogP contribution < -0.4 is 10.6 Å². The van der Waals surface area contributed by atoms with E-state index >= 15 is 0 Å². The van der Waals surface area contributed by atoms with Gasteiger partial charge >= 0.3 is 0 Å². The van der Waals surface area contributed by atoms with Crippen LogP contribution in [-0.2, 0) is 37.0 Å². The van der Waals surface area contributed by atoms with Gasteiger partial charge in [0.1, 0.15) is 0 Å². The molecule has 2 aliphatic rings. The SMILES string of the molecule is CC(=O)NCCCCCC(=O)NCc1cccc(-c2cccc([C@@H]3O[C@H](CN4CCOCC4)C[C@H](c4ccc(CO)cc4)O3)c2)c1. The summed E-state index contributed by atoms with van der Waals surface area (Å²) in [7, 11) is 0. The zero-order chi connectivity index (χ0) is 32.1. The summed E-state index contributed by atoms with van der Waals surface area (Å²) < 4.78 is 18.8. The lowest BCUT2D eigenvalue weighted by molar-refractivity contribution is -0.253. The van der Waals surface area contributed by atoms with Gasteiger partial charge in [-0.25, -0.2) is 0 Å². The van der Waals surface area contributed by atoms with Crippen molar-refractivity contribution in [3.8, 4) is 11.1 Å². The summed E-state index contributed by atoms with van der Waals surface area (Å²) in [6.45, 7) is 6.73. The molecule has 0 spiro atoms. The highest BCUT2D eigenvalue weighted by Crippen LogP contribution is 2.39. The van der Waals surface area contributed by atoms with E-state index in [-0.39, 0.29) is 30.6 Å². The Hall–Kier alpha value is -3.60. The van der Waals surface area contributed by atoms with Crippen LogP contribution in [0.5, 0.6) is 0 Å². The van der Waals surface area contributed by atoms with Gasteiger partial charge in [0, 0.05) is 58.1 Å². The van der Waals surface area contributed by atoms with Crippen LogP contribution in [0.1, 0.15) is 73.7 Å². The number of hydrogen-bond acceptors (Lipinski definition) is 7. The van der Waals surface area contributed by atoms with Gasteiger partial charge in [-0.3, -0.25) is 14.5 Å². The number of aliphatic hydroxyl groups is 1. The van der Waals surface area contributed by atoms with E-state index in [1.54, 1.807) is 0 Å². The maximum absolute atomic E-state index is 12.4. The number of ether oxygens (including phenoxy) is 3. The molecule has 3 aromatic rings. The molecule has 2 saturated heterocycles. The molecule has 9 nitrogen and oxygen atoms in total. The fourth-order valence-electron chi connectivity index (χ4n) is 5.97. The van der Waals surface area contributed by atoms with Crippen molar-refractivity contribution in [1.82, 2.24) is 15.5 Å². The maximum Gasteiger partial charge on any atom is 0.220 e. The average molecular weight is 630 g/mol. The van der Waals surface area contributed by atoms with E-state index in [9.17, 15) is 14.7 Å². The van der Waals surface area contributed by atoms with Crippen LogP contribution in [0.15, 0.2) is 72.8 Å². The minimum Gasteiger partial charge on any atom is -0.392 e. The van der Waals surface area contributed by atoms with Crippen LogP contribution in [0.25, 0.3) is 11.1 Å². The van der Waals surface area contributed by atoms with E-state index < -0.39 is 6.29 Å². The molecule has 0 unspecified atom stereocenters. The predicted molar refractivity (Wildman–Crippen MR) is 177 cm³/mol. The monoisotopic (exact) mass is 629 g/mol. The van der Waals surface area contributed by atoms with Gasteiger partial charge in [0.05, 0.1) is 32.0 Å². The topological polar surface area (TPSA) is 109 Å². The van der Waals surface area contributed by atoms with Crippen LogP contribution in [0, 0.1) is 0 Å². The fourth-order valence-corrected chi connectivity index (χ4v) is 5.97. The first-order chi connectivity index (χ1) is 22.5. The van der Waals surface area contributed by atoms with Crippen LogP contribution in [0.2, 0.25) is 0 Å². The van der Waals surface area contributed by atoms with E-state index in [2.05, 4.69) is 45.9 Å². The molecule has 5 rings (SSSR count). The molecule has 0 aliphatic carbocycles. The average Bonchev–Trinajstić information content (AvgIpc) is 3.09. The summed E-state index contributed by atoms with van der Waals surface area (Å²) in [4.78, 5) is 25.8. The molecule has 46 heavy (non-hydrogen) atoms. The second-order valence-electron chi connectivity index (χ2n) is 12.2. The van der Waals surface area contributed by atoms with E-state index in [4.69, 9.17) is 14.2 Å². The molecule has 0 aromatic heterocycles. The van der Waals surface area contributed by atoms with E-state index in [0.717, 1.165) is 91.9 Å². The quantitative estimate of drug-likeness (QED) is 0.215. The molecule has 2 fully saturated rings. The first-order valence-electron chi connectivity index (χ1n) is 16.5. The maximum atomic E-state index is 12.4. The van der Waals surface area contributed by atoms with E-state index in [1.807, 2.05) is 42.5 Å². The molecule has 9 heteroatoms. The Morgan fingerprint density at radius 1 is 0.848 bits per heavy atom. The third-order valence-corrected chi connectivity index (χ3v) is 8.54. The number of rotatable bonds is 14. The first-order valence-corrected chi connectivity index (χ1v) is 16.5. The van der Waals surface area contributed by atoms with Crippen LogP contribution in [0.3, 0.4) is 0 Å². The summed E-state index contributed by atoms with van der Waals surface area (Å²) in [5.41, 5.74) is 6.05. The minimum atomic E-state index is -0.525. The zero-order valence-corrected chi connectivity index (χ0v) is 26.8. The number of nitrogens with one attached hydrogen (secondary N) is 2. The first kappa shape index (κ1) is 33.8. The summed E-state index contributed by atoms with van der Waals surface area (Å²) >= 11 is 0. The molecule has 0 radical (unpaired) electrons. The third kappa shape index (κ3) is 10.2. The van der Waals surface area contributed by atoms with Crippen molar-refractivity contribution < 1.29 is 28.9 Å². The molecule has 3 aromatic carbocycles. The Kier molecular flexibility index (Phi) is 12.7. The molecule has 2 heterocycles. The van der Waals surface area contributed by atoms with Gasteiger partial charge < -0.3 is 30.0 Å². The Bertz CT molecular complexity index is 1410. The molecule has 246 valence electrons. The van der Waals surface area contributed by atoms with Crippen molar-refractivity contribution in [3.05, 3.63) is 95.1 Å². The van der Waals surface area contributed by atoms with Gasteiger partial charge in [0.25, 0.3) is 0 Å². The van der Waals surface area contributed by atoms with Crippen LogP contribution in [0.4, 0.5) is 0 Å². The number of benzene rings is 3. The van der Waals surface area contributed by atoms with Gasteiger partial charge in [0.15, 0.2) is 6.29 Å². The second-order valence-corrected chi connectivity index (χ2v) is 12.2. The van der Waals surface area contributed by atoms with Crippen molar-refractivity contribution >= 4 is 11.8 Å². The van der Waals surface area contributed by atoms with E-state index in [1.165, 1.54) is 6.92 Å². The van der Waals surface area contributed by atoms with Crippen LogP contribution >= 0.6 is 0 Å². The van der Waals surface area contributed by atoms with Gasteiger partial charge in [-0.2, -0.15) is 0 Å². The molecule has 0 saturated carbocycles. The Balaban J connectivity index is 1.23. The van der Waals surface area contributed by atoms with Gasteiger partial charge in [0.2, 0.25) is 11.8 Å². The number of aliphatic hydroxyl groups excluding tert-OH is 1. The molecule has 0 bridgehead atoms. The number of carbonyl (C=O) groups excluding carboxylic acids is 2. The molecule has 2 aliphatic heterocycles. The largest absolute Gasteiger partial charge is 0.392 e. The number of hydrogen-bond donors (Lipinski definition) is 3. The second kappa shape index (κ2) is 17.4. The van der Waals surface area contributed by atoms with Crippen molar-refractivity contribution in [2.75, 3.05) is 39.4 Å². The smallest absolute Gasteiger partial charge is 0.220 e. The highest BCUT2D eigenvalue weighted by molar-refractivity contribution is 5.76. The summed E-state index contributed by atoms with van der Waals surface area (Å²) in [6, 6.07) is 24.5. The zero-order valence-electron chi connectivity index (χ0n) is 26.8. The van der Waals surface area contributed by atoms with E-state index in [0.29, 0.717) is 19.5 Å². The molecule has 3 N–H and O–H groups in total. The highest BCUT2D eigenvalue weighted by atomic mass is 16.7. The molecular weight excluding hydrogens is 582 g/mol. The van der Waals surface area contributed by atoms with Crippen molar-refractivity contribution in [1.29, 1.82) is 0 Å². The Morgan fingerprint density at radius 3 is 2.37 bits per heavy atom. The summed E-state index contributed by atoms with van der Waals surface area (Å²) in [5.74, 6) is 0.0105. The van der Waals surface area contributed by atoms with Crippen LogP contribution in [-0.4, -0.2) is 67.3 Å². The normalized spacial score (nSPS) is 20.3. The number of nitrogens with zero attached hydrogens (tertiary/aromatic N) is 1. The van der Waals surface area contributed by atoms with Gasteiger partial charge in [-0.1, -0.05) is 67.1 Å². The van der Waals surface area contributed by atoms with Crippen molar-refractivity contribution in [2.45, 2.75) is 70.7 Å². The lowest BCUT2D eigenvalue weighted by Crippen LogP contribution is -2.44. The Morgan fingerprint density at radius 2 is 1.61 bits per heavy atom. The van der Waals surface area contributed by atoms with Crippen molar-refractivity contribution in [3.63, 3.8) is 0 Å². The van der Waals surface area contributed by atoms with Gasteiger partial charge in [-0.05, 0) is 52.8 Å². The molecule has 2 amide bonds. The molecular formula is C37H47N3O6. The van der Waals surface area contributed by atoms with Crippen molar-refractivity contribution in [2.24, 2.45) is 0 Å². The minimum absolute atomic E-state index is 0.00725. The standard InChI is InChI=1S/C37H47N3O6/c1-27(42)38-16-4-2-3-11-36(43)39-24-29-7-5-8-31(21-29)32-9-6-10-33(22-32)37-45-34(25-40-17-19-44-20-18-40)23-35(46-37)30-14-12-28(26-41)13-15-30/h5-10,12-15,21-22,34-35,37,41H,2-4,11,16-20,23-26H2,1H3,(H,38,42)(H,39,43)/t34-,35+,37+/m0/s1. The fraction of sp³-hybridized carbons (Fsp3) is 0.459. The molecule has 3 atom stereocenters. The highest BCUT2D eigenvalue weighted by Gasteiger charge is 2.33. The Labute approximate surface area is 272 Å². The third-order valence-electron chi connectivity index (χ3n) is 8.54. The predicted octanol–water partition coefficient (Wildman–Crippen LogP) is 5.04.